The van der Waals surface area contributed by atoms with Crippen molar-refractivity contribution in [3.63, 3.8) is 0 Å². The highest BCUT2D eigenvalue weighted by Crippen LogP contribution is 2.23. The number of carbonyl (C=O) groups excluding carboxylic acids is 1. The first-order chi connectivity index (χ1) is 8.52. The van der Waals surface area contributed by atoms with Crippen LogP contribution < -0.4 is 0 Å². The minimum absolute atomic E-state index is 0.0787. The lowest BCUT2D eigenvalue weighted by atomic mass is 10.1. The number of nitrogens with zero attached hydrogens (tertiary/aromatic N) is 3. The third-order valence-electron chi connectivity index (χ3n) is 2.70. The highest BCUT2D eigenvalue weighted by Gasteiger charge is 2.20. The first kappa shape index (κ1) is 12.8. The molecule has 1 aromatic carbocycles. The van der Waals surface area contributed by atoms with Gasteiger partial charge in [-0.3, -0.25) is 4.79 Å². The Bertz CT molecular complexity index is 590. The Balaban J connectivity index is 2.49. The summed E-state index contributed by atoms with van der Waals surface area (Å²) in [5, 5.41) is 4.53. The standard InChI is InChI=1S/C13H14ClN3O/c1-8(2)17-13(15-7-16-17)12(18)10-6-4-5-9(3)11(10)14/h4-8H,1-3H3. The number of aryl methyl sites for hydroxylation is 1. The van der Waals surface area contributed by atoms with E-state index < -0.39 is 0 Å². The summed E-state index contributed by atoms with van der Waals surface area (Å²) in [4.78, 5) is 16.4. The summed E-state index contributed by atoms with van der Waals surface area (Å²) in [5.74, 6) is 0.118. The van der Waals surface area contributed by atoms with Crippen LogP contribution >= 0.6 is 11.6 Å². The summed E-state index contributed by atoms with van der Waals surface area (Å²) in [7, 11) is 0. The maximum absolute atomic E-state index is 12.4. The van der Waals surface area contributed by atoms with Gasteiger partial charge in [0.15, 0.2) is 5.82 Å². The van der Waals surface area contributed by atoms with Gasteiger partial charge in [0.05, 0.1) is 5.02 Å². The summed E-state index contributed by atoms with van der Waals surface area (Å²) >= 11 is 6.16. The van der Waals surface area contributed by atoms with Crippen molar-refractivity contribution in [2.45, 2.75) is 26.8 Å². The van der Waals surface area contributed by atoms with Crippen LogP contribution in [-0.2, 0) is 0 Å². The van der Waals surface area contributed by atoms with Crippen molar-refractivity contribution >= 4 is 17.4 Å². The van der Waals surface area contributed by atoms with Crippen molar-refractivity contribution in [2.24, 2.45) is 0 Å². The van der Waals surface area contributed by atoms with Gasteiger partial charge in [-0.25, -0.2) is 9.67 Å². The van der Waals surface area contributed by atoms with Crippen LogP contribution in [0.5, 0.6) is 0 Å². The van der Waals surface area contributed by atoms with E-state index in [1.165, 1.54) is 6.33 Å². The van der Waals surface area contributed by atoms with E-state index in [2.05, 4.69) is 10.1 Å². The number of aromatic nitrogens is 3. The zero-order valence-corrected chi connectivity index (χ0v) is 11.3. The average molecular weight is 264 g/mol. The summed E-state index contributed by atoms with van der Waals surface area (Å²) < 4.78 is 1.60. The van der Waals surface area contributed by atoms with Crippen molar-refractivity contribution < 1.29 is 4.79 Å². The van der Waals surface area contributed by atoms with Crippen molar-refractivity contribution in [1.29, 1.82) is 0 Å². The Morgan fingerprint density at radius 1 is 1.39 bits per heavy atom. The molecule has 0 aliphatic heterocycles. The Hall–Kier alpha value is -1.68. The van der Waals surface area contributed by atoms with E-state index in [4.69, 9.17) is 11.6 Å². The molecule has 2 aromatic rings. The largest absolute Gasteiger partial charge is 0.285 e. The smallest absolute Gasteiger partial charge is 0.231 e. The van der Waals surface area contributed by atoms with E-state index in [1.54, 1.807) is 10.7 Å². The molecule has 4 nitrogen and oxygen atoms in total. The molecule has 0 saturated carbocycles. The molecule has 0 amide bonds. The molecule has 94 valence electrons. The molecule has 0 bridgehead atoms. The summed E-state index contributed by atoms with van der Waals surface area (Å²) in [5.41, 5.74) is 1.34. The maximum Gasteiger partial charge on any atom is 0.231 e. The van der Waals surface area contributed by atoms with Gasteiger partial charge in [0.25, 0.3) is 0 Å². The number of benzene rings is 1. The summed E-state index contributed by atoms with van der Waals surface area (Å²) in [6.07, 6.45) is 1.39. The quantitative estimate of drug-likeness (QED) is 0.800. The minimum Gasteiger partial charge on any atom is -0.285 e. The molecular formula is C13H14ClN3O. The van der Waals surface area contributed by atoms with Gasteiger partial charge in [0, 0.05) is 11.6 Å². The monoisotopic (exact) mass is 263 g/mol. The van der Waals surface area contributed by atoms with Crippen LogP contribution in [0.2, 0.25) is 5.02 Å². The van der Waals surface area contributed by atoms with Crippen molar-refractivity contribution in [1.82, 2.24) is 14.8 Å². The van der Waals surface area contributed by atoms with Crippen LogP contribution in [0.25, 0.3) is 0 Å². The number of carbonyl (C=O) groups is 1. The molecule has 0 N–H and O–H groups in total. The fourth-order valence-electron chi connectivity index (χ4n) is 1.73. The maximum atomic E-state index is 12.4. The first-order valence-corrected chi connectivity index (χ1v) is 6.09. The Labute approximate surface area is 111 Å². The second-order valence-corrected chi connectivity index (χ2v) is 4.77. The van der Waals surface area contributed by atoms with Gasteiger partial charge >= 0.3 is 0 Å². The predicted octanol–water partition coefficient (Wildman–Crippen LogP) is 3.05. The number of hydrogen-bond acceptors (Lipinski definition) is 3. The van der Waals surface area contributed by atoms with E-state index in [-0.39, 0.29) is 11.8 Å². The van der Waals surface area contributed by atoms with Crippen LogP contribution in [0.4, 0.5) is 0 Å². The lowest BCUT2D eigenvalue weighted by molar-refractivity contribution is 0.102. The lowest BCUT2D eigenvalue weighted by Crippen LogP contribution is -2.15. The molecular weight excluding hydrogens is 250 g/mol. The van der Waals surface area contributed by atoms with Gasteiger partial charge in [-0.2, -0.15) is 5.10 Å². The van der Waals surface area contributed by atoms with Gasteiger partial charge in [-0.1, -0.05) is 23.7 Å². The fourth-order valence-corrected chi connectivity index (χ4v) is 1.95. The van der Waals surface area contributed by atoms with E-state index in [9.17, 15) is 4.79 Å². The van der Waals surface area contributed by atoms with Gasteiger partial charge in [0.1, 0.15) is 6.33 Å². The first-order valence-electron chi connectivity index (χ1n) is 5.71. The van der Waals surface area contributed by atoms with Crippen molar-refractivity contribution in [2.75, 3.05) is 0 Å². The second-order valence-electron chi connectivity index (χ2n) is 4.39. The third-order valence-corrected chi connectivity index (χ3v) is 3.20. The summed E-state index contributed by atoms with van der Waals surface area (Å²) in [6.45, 7) is 5.76. The molecule has 0 saturated heterocycles. The highest BCUT2D eigenvalue weighted by molar-refractivity contribution is 6.35. The minimum atomic E-state index is -0.199. The van der Waals surface area contributed by atoms with Crippen LogP contribution in [0.1, 0.15) is 41.6 Å². The number of ketones is 1. The Kier molecular flexibility index (Phi) is 3.48. The molecule has 18 heavy (non-hydrogen) atoms. The Morgan fingerprint density at radius 2 is 2.11 bits per heavy atom. The second kappa shape index (κ2) is 4.90. The number of halogens is 1. The zero-order valence-electron chi connectivity index (χ0n) is 10.5. The highest BCUT2D eigenvalue weighted by atomic mass is 35.5. The van der Waals surface area contributed by atoms with Crippen LogP contribution in [0.3, 0.4) is 0 Å². The van der Waals surface area contributed by atoms with Gasteiger partial charge in [-0.15, -0.1) is 0 Å². The van der Waals surface area contributed by atoms with Gasteiger partial charge < -0.3 is 0 Å². The van der Waals surface area contributed by atoms with E-state index in [1.807, 2.05) is 32.9 Å². The molecule has 0 spiro atoms. The van der Waals surface area contributed by atoms with Crippen LogP contribution in [0, 0.1) is 6.92 Å². The van der Waals surface area contributed by atoms with Crippen LogP contribution in [-0.4, -0.2) is 20.5 Å². The molecule has 0 atom stereocenters. The molecule has 0 aliphatic rings. The Morgan fingerprint density at radius 3 is 2.78 bits per heavy atom. The molecule has 1 aromatic heterocycles. The molecule has 0 fully saturated rings. The molecule has 0 unspecified atom stereocenters. The lowest BCUT2D eigenvalue weighted by Gasteiger charge is -2.09. The number of rotatable bonds is 3. The van der Waals surface area contributed by atoms with E-state index >= 15 is 0 Å². The van der Waals surface area contributed by atoms with Gasteiger partial charge in [-0.05, 0) is 32.4 Å². The predicted molar refractivity (Wildman–Crippen MR) is 70.0 cm³/mol. The van der Waals surface area contributed by atoms with Crippen LogP contribution in [0.15, 0.2) is 24.5 Å². The summed E-state index contributed by atoms with van der Waals surface area (Å²) in [6, 6.07) is 5.46. The fraction of sp³-hybridized carbons (Fsp3) is 0.308. The third kappa shape index (κ3) is 2.16. The zero-order chi connectivity index (χ0) is 13.3. The molecule has 1 heterocycles. The topological polar surface area (TPSA) is 47.8 Å². The number of hydrogen-bond donors (Lipinski definition) is 0. The molecule has 0 aliphatic carbocycles. The van der Waals surface area contributed by atoms with Gasteiger partial charge in [0.2, 0.25) is 5.78 Å². The van der Waals surface area contributed by atoms with Crippen molar-refractivity contribution in [3.8, 4) is 0 Å². The van der Waals surface area contributed by atoms with E-state index in [0.717, 1.165) is 5.56 Å². The molecule has 0 radical (unpaired) electrons. The normalized spacial score (nSPS) is 10.9. The average Bonchev–Trinajstić information content (AvgIpc) is 2.81. The molecule has 2 rings (SSSR count). The SMILES string of the molecule is Cc1cccc(C(=O)c2ncnn2C(C)C)c1Cl. The van der Waals surface area contributed by atoms with E-state index in [0.29, 0.717) is 16.4 Å². The molecule has 5 heteroatoms. The van der Waals surface area contributed by atoms with Crippen molar-refractivity contribution in [3.05, 3.63) is 46.5 Å².